The summed E-state index contributed by atoms with van der Waals surface area (Å²) in [4.78, 5) is 0.243. The Hall–Kier alpha value is -1.11. The van der Waals surface area contributed by atoms with E-state index in [1.807, 2.05) is 0 Å². The highest BCUT2D eigenvalue weighted by atomic mass is 32.2. The van der Waals surface area contributed by atoms with Gasteiger partial charge >= 0.3 is 0 Å². The zero-order chi connectivity index (χ0) is 15.0. The van der Waals surface area contributed by atoms with E-state index in [0.29, 0.717) is 36.2 Å². The SMILES string of the molecule is COc1ccc(S(=O)(=O)N2CC3CCCC3C2)cc1CO. The minimum atomic E-state index is -3.47. The minimum Gasteiger partial charge on any atom is -0.496 e. The van der Waals surface area contributed by atoms with Crippen LogP contribution in [0, 0.1) is 11.8 Å². The Balaban J connectivity index is 1.88. The molecule has 0 radical (unpaired) electrons. The maximum Gasteiger partial charge on any atom is 0.243 e. The molecule has 21 heavy (non-hydrogen) atoms. The van der Waals surface area contributed by atoms with Crippen molar-refractivity contribution < 1.29 is 18.3 Å². The molecule has 1 saturated heterocycles. The van der Waals surface area contributed by atoms with Crippen LogP contribution in [0.3, 0.4) is 0 Å². The van der Waals surface area contributed by atoms with E-state index < -0.39 is 10.0 Å². The molecular weight excluding hydrogens is 290 g/mol. The van der Waals surface area contributed by atoms with Gasteiger partial charge in [0, 0.05) is 18.7 Å². The fourth-order valence-electron chi connectivity index (χ4n) is 3.58. The maximum atomic E-state index is 12.7. The van der Waals surface area contributed by atoms with Gasteiger partial charge in [-0.2, -0.15) is 4.31 Å². The van der Waals surface area contributed by atoms with Crippen molar-refractivity contribution >= 4 is 10.0 Å². The van der Waals surface area contributed by atoms with Crippen molar-refractivity contribution in [3.8, 4) is 5.75 Å². The molecule has 2 aliphatic rings. The average Bonchev–Trinajstić information content (AvgIpc) is 3.07. The van der Waals surface area contributed by atoms with Crippen molar-refractivity contribution in [3.63, 3.8) is 0 Å². The van der Waals surface area contributed by atoms with Crippen LogP contribution < -0.4 is 4.74 Å². The molecule has 0 aromatic heterocycles. The second-order valence-corrected chi connectivity index (χ2v) is 7.84. The third-order valence-electron chi connectivity index (χ3n) is 4.75. The summed E-state index contributed by atoms with van der Waals surface area (Å²) >= 11 is 0. The fraction of sp³-hybridized carbons (Fsp3) is 0.600. The van der Waals surface area contributed by atoms with Gasteiger partial charge in [0.05, 0.1) is 18.6 Å². The molecule has 2 unspecified atom stereocenters. The van der Waals surface area contributed by atoms with Gasteiger partial charge in [-0.3, -0.25) is 0 Å². The summed E-state index contributed by atoms with van der Waals surface area (Å²) in [6.07, 6.45) is 3.50. The molecule has 1 heterocycles. The van der Waals surface area contributed by atoms with Crippen molar-refractivity contribution in [2.24, 2.45) is 11.8 Å². The highest BCUT2D eigenvalue weighted by molar-refractivity contribution is 7.89. The second kappa shape index (κ2) is 5.59. The molecule has 1 aliphatic carbocycles. The van der Waals surface area contributed by atoms with Crippen LogP contribution in [0.25, 0.3) is 0 Å². The van der Waals surface area contributed by atoms with E-state index in [1.165, 1.54) is 19.6 Å². The van der Waals surface area contributed by atoms with Gasteiger partial charge < -0.3 is 9.84 Å². The molecule has 0 spiro atoms. The van der Waals surface area contributed by atoms with E-state index in [0.717, 1.165) is 12.8 Å². The van der Waals surface area contributed by atoms with Crippen molar-refractivity contribution in [3.05, 3.63) is 23.8 Å². The zero-order valence-corrected chi connectivity index (χ0v) is 13.0. The molecule has 5 nitrogen and oxygen atoms in total. The van der Waals surface area contributed by atoms with E-state index in [1.54, 1.807) is 16.4 Å². The minimum absolute atomic E-state index is 0.238. The van der Waals surface area contributed by atoms with Gasteiger partial charge in [0.25, 0.3) is 0 Å². The Bertz CT molecular complexity index is 617. The third kappa shape index (κ3) is 2.56. The van der Waals surface area contributed by atoms with E-state index in [-0.39, 0.29) is 11.5 Å². The number of aliphatic hydroxyl groups excluding tert-OH is 1. The maximum absolute atomic E-state index is 12.7. The lowest BCUT2D eigenvalue weighted by Gasteiger charge is -2.18. The highest BCUT2D eigenvalue weighted by Gasteiger charge is 2.41. The zero-order valence-electron chi connectivity index (χ0n) is 12.2. The van der Waals surface area contributed by atoms with Crippen LogP contribution in [0.1, 0.15) is 24.8 Å². The largest absolute Gasteiger partial charge is 0.496 e. The van der Waals surface area contributed by atoms with E-state index in [2.05, 4.69) is 0 Å². The molecule has 1 aliphatic heterocycles. The lowest BCUT2D eigenvalue weighted by molar-refractivity contribution is 0.273. The normalized spacial score (nSPS) is 26.0. The topological polar surface area (TPSA) is 66.8 Å². The molecular formula is C15H21NO4S. The molecule has 1 aromatic rings. The number of benzene rings is 1. The number of sulfonamides is 1. The Labute approximate surface area is 125 Å². The standard InChI is InChI=1S/C15H21NO4S/c1-20-15-6-5-14(7-13(15)10-17)21(18,19)16-8-11-3-2-4-12(11)9-16/h5-7,11-12,17H,2-4,8-10H2,1H3. The molecule has 3 rings (SSSR count). The average molecular weight is 311 g/mol. The van der Waals surface area contributed by atoms with Crippen molar-refractivity contribution in [1.29, 1.82) is 0 Å². The van der Waals surface area contributed by atoms with Crippen LogP contribution in [-0.2, 0) is 16.6 Å². The molecule has 2 atom stereocenters. The Morgan fingerprint density at radius 2 is 1.95 bits per heavy atom. The summed E-state index contributed by atoms with van der Waals surface area (Å²) in [5.74, 6) is 1.56. The quantitative estimate of drug-likeness (QED) is 0.917. The van der Waals surface area contributed by atoms with Crippen molar-refractivity contribution in [2.75, 3.05) is 20.2 Å². The van der Waals surface area contributed by atoms with Crippen molar-refractivity contribution in [1.82, 2.24) is 4.31 Å². The number of ether oxygens (including phenoxy) is 1. The van der Waals surface area contributed by atoms with Crippen LogP contribution in [-0.4, -0.2) is 38.0 Å². The Morgan fingerprint density at radius 3 is 2.52 bits per heavy atom. The molecule has 1 aromatic carbocycles. The van der Waals surface area contributed by atoms with Crippen LogP contribution in [0.15, 0.2) is 23.1 Å². The highest BCUT2D eigenvalue weighted by Crippen LogP contribution is 2.40. The summed E-state index contributed by atoms with van der Waals surface area (Å²) in [6, 6.07) is 4.68. The molecule has 1 N–H and O–H groups in total. The van der Waals surface area contributed by atoms with Gasteiger partial charge in [-0.15, -0.1) is 0 Å². The van der Waals surface area contributed by atoms with Gasteiger partial charge in [-0.05, 0) is 42.9 Å². The molecule has 0 bridgehead atoms. The first-order chi connectivity index (χ1) is 10.1. The Kier molecular flexibility index (Phi) is 3.94. The first-order valence-electron chi connectivity index (χ1n) is 7.34. The molecule has 0 amide bonds. The Morgan fingerprint density at radius 1 is 1.29 bits per heavy atom. The number of rotatable bonds is 4. The van der Waals surface area contributed by atoms with Crippen LogP contribution in [0.2, 0.25) is 0 Å². The van der Waals surface area contributed by atoms with Gasteiger partial charge in [-0.25, -0.2) is 8.42 Å². The number of hydrogen-bond donors (Lipinski definition) is 1. The lowest BCUT2D eigenvalue weighted by Crippen LogP contribution is -2.29. The molecule has 116 valence electrons. The summed E-state index contributed by atoms with van der Waals surface area (Å²) < 4.78 is 32.2. The monoisotopic (exact) mass is 311 g/mol. The fourth-order valence-corrected chi connectivity index (χ4v) is 5.18. The lowest BCUT2D eigenvalue weighted by atomic mass is 10.0. The summed E-state index contributed by atoms with van der Waals surface area (Å²) in [5.41, 5.74) is 0.498. The van der Waals surface area contributed by atoms with E-state index in [4.69, 9.17) is 4.74 Å². The summed E-state index contributed by atoms with van der Waals surface area (Å²) in [6.45, 7) is 1.03. The predicted molar refractivity (Wildman–Crippen MR) is 78.5 cm³/mol. The first kappa shape index (κ1) is 14.8. The number of fused-ring (bicyclic) bond motifs is 1. The summed E-state index contributed by atoms with van der Waals surface area (Å²) in [5, 5.41) is 9.35. The second-order valence-electron chi connectivity index (χ2n) is 5.90. The van der Waals surface area contributed by atoms with Gasteiger partial charge in [0.2, 0.25) is 10.0 Å². The predicted octanol–water partition coefficient (Wildman–Crippen LogP) is 1.61. The van der Waals surface area contributed by atoms with Gasteiger partial charge in [-0.1, -0.05) is 6.42 Å². The first-order valence-corrected chi connectivity index (χ1v) is 8.78. The van der Waals surface area contributed by atoms with Gasteiger partial charge in [0.15, 0.2) is 0 Å². The molecule has 2 fully saturated rings. The molecule has 6 heteroatoms. The van der Waals surface area contributed by atoms with Crippen LogP contribution in [0.4, 0.5) is 0 Å². The van der Waals surface area contributed by atoms with E-state index in [9.17, 15) is 13.5 Å². The molecule has 1 saturated carbocycles. The number of hydrogen-bond acceptors (Lipinski definition) is 4. The third-order valence-corrected chi connectivity index (χ3v) is 6.58. The number of nitrogens with zero attached hydrogens (tertiary/aromatic N) is 1. The van der Waals surface area contributed by atoms with Crippen LogP contribution in [0.5, 0.6) is 5.75 Å². The number of aliphatic hydroxyl groups is 1. The van der Waals surface area contributed by atoms with Crippen molar-refractivity contribution in [2.45, 2.75) is 30.8 Å². The smallest absolute Gasteiger partial charge is 0.243 e. The van der Waals surface area contributed by atoms with Crippen LogP contribution >= 0.6 is 0 Å². The van der Waals surface area contributed by atoms with Gasteiger partial charge in [0.1, 0.15) is 5.75 Å². The van der Waals surface area contributed by atoms with E-state index >= 15 is 0 Å². The summed E-state index contributed by atoms with van der Waals surface area (Å²) in [7, 11) is -1.97. The number of methoxy groups -OCH3 is 1.